The summed E-state index contributed by atoms with van der Waals surface area (Å²) in [6, 6.07) is 0.333. The first-order valence-electron chi connectivity index (χ1n) is 4.87. The quantitative estimate of drug-likeness (QED) is 0.699. The molecule has 7 heteroatoms. The summed E-state index contributed by atoms with van der Waals surface area (Å²) in [5, 5.41) is 14.7. The zero-order chi connectivity index (χ0) is 11.5. The number of carbonyl (C=O) groups excluding carboxylic acids is 1. The predicted molar refractivity (Wildman–Crippen MR) is 58.7 cm³/mol. The van der Waals surface area contributed by atoms with Crippen molar-refractivity contribution in [2.24, 2.45) is 0 Å². The number of anilines is 1. The van der Waals surface area contributed by atoms with Gasteiger partial charge >= 0.3 is 5.97 Å². The minimum atomic E-state index is -1.01. The molecule has 16 heavy (non-hydrogen) atoms. The molecular weight excluding hydrogens is 230 g/mol. The first-order valence-corrected chi connectivity index (χ1v) is 5.69. The Labute approximate surface area is 95.7 Å². The summed E-state index contributed by atoms with van der Waals surface area (Å²) >= 11 is 1.02. The number of thiazole rings is 1. The molecule has 1 saturated carbocycles. The topological polar surface area (TPSA) is 91.3 Å². The largest absolute Gasteiger partial charge is 0.477 e. The highest BCUT2D eigenvalue weighted by Gasteiger charge is 2.22. The van der Waals surface area contributed by atoms with Gasteiger partial charge in [0.2, 0.25) is 5.91 Å². The molecule has 0 radical (unpaired) electrons. The molecular formula is C9H11N3O3S. The Morgan fingerprint density at radius 3 is 2.88 bits per heavy atom. The van der Waals surface area contributed by atoms with Crippen LogP contribution in [0.5, 0.6) is 0 Å². The van der Waals surface area contributed by atoms with Crippen molar-refractivity contribution in [3.63, 3.8) is 0 Å². The van der Waals surface area contributed by atoms with E-state index < -0.39 is 5.97 Å². The van der Waals surface area contributed by atoms with Crippen molar-refractivity contribution in [1.29, 1.82) is 0 Å². The molecule has 0 bridgehead atoms. The van der Waals surface area contributed by atoms with Crippen LogP contribution in [0.4, 0.5) is 5.13 Å². The van der Waals surface area contributed by atoms with Crippen molar-refractivity contribution in [2.75, 3.05) is 11.9 Å². The van der Waals surface area contributed by atoms with E-state index in [1.807, 2.05) is 0 Å². The molecule has 2 rings (SSSR count). The van der Waals surface area contributed by atoms with Crippen LogP contribution in [0.2, 0.25) is 0 Å². The van der Waals surface area contributed by atoms with E-state index in [1.54, 1.807) is 0 Å². The highest BCUT2D eigenvalue weighted by atomic mass is 32.1. The third-order valence-electron chi connectivity index (χ3n) is 2.06. The summed E-state index contributed by atoms with van der Waals surface area (Å²) in [5.41, 5.74) is 0. The van der Waals surface area contributed by atoms with Crippen LogP contribution in [0.3, 0.4) is 0 Å². The van der Waals surface area contributed by atoms with Gasteiger partial charge in [-0.25, -0.2) is 9.78 Å². The minimum absolute atomic E-state index is 0.0884. The maximum absolute atomic E-state index is 11.3. The van der Waals surface area contributed by atoms with Crippen molar-refractivity contribution < 1.29 is 14.7 Å². The summed E-state index contributed by atoms with van der Waals surface area (Å²) in [6.45, 7) is 0.128. The van der Waals surface area contributed by atoms with Gasteiger partial charge in [0.1, 0.15) is 4.88 Å². The molecule has 1 aliphatic rings. The predicted octanol–water partition coefficient (Wildman–Crippen LogP) is 0.532. The van der Waals surface area contributed by atoms with Crippen molar-refractivity contribution in [1.82, 2.24) is 10.3 Å². The molecule has 0 unspecified atom stereocenters. The molecule has 3 N–H and O–H groups in total. The maximum Gasteiger partial charge on any atom is 0.347 e. The SMILES string of the molecule is O=C(CNc1ncc(C(=O)O)s1)NC1CC1. The Kier molecular flexibility index (Phi) is 3.04. The molecule has 6 nitrogen and oxygen atoms in total. The number of carbonyl (C=O) groups is 2. The Morgan fingerprint density at radius 1 is 1.56 bits per heavy atom. The fraction of sp³-hybridized carbons (Fsp3) is 0.444. The number of nitrogens with zero attached hydrogens (tertiary/aromatic N) is 1. The molecule has 1 aliphatic carbocycles. The van der Waals surface area contributed by atoms with Crippen molar-refractivity contribution in [3.8, 4) is 0 Å². The van der Waals surface area contributed by atoms with Gasteiger partial charge in [-0.2, -0.15) is 0 Å². The van der Waals surface area contributed by atoms with Crippen LogP contribution in [-0.2, 0) is 4.79 Å². The zero-order valence-corrected chi connectivity index (χ0v) is 9.21. The molecule has 1 aromatic heterocycles. The molecule has 1 amide bonds. The number of hydrogen-bond acceptors (Lipinski definition) is 5. The molecule has 86 valence electrons. The van der Waals surface area contributed by atoms with E-state index in [2.05, 4.69) is 15.6 Å². The summed E-state index contributed by atoms with van der Waals surface area (Å²) in [4.78, 5) is 25.9. The third-order valence-corrected chi connectivity index (χ3v) is 3.00. The standard InChI is InChI=1S/C9H11N3O3S/c13-7(12-5-1-2-5)4-11-9-10-3-6(16-9)8(14)15/h3,5H,1-2,4H2,(H,10,11)(H,12,13)(H,14,15). The number of aromatic nitrogens is 1. The average Bonchev–Trinajstić information content (AvgIpc) is 2.91. The van der Waals surface area contributed by atoms with E-state index in [4.69, 9.17) is 5.11 Å². The summed E-state index contributed by atoms with van der Waals surface area (Å²) in [7, 11) is 0. The van der Waals surface area contributed by atoms with Gasteiger partial charge in [-0.3, -0.25) is 4.79 Å². The lowest BCUT2D eigenvalue weighted by Crippen LogP contribution is -2.31. The maximum atomic E-state index is 11.3. The van der Waals surface area contributed by atoms with Crippen LogP contribution in [-0.4, -0.2) is 34.6 Å². The van der Waals surface area contributed by atoms with E-state index in [9.17, 15) is 9.59 Å². The molecule has 0 aromatic carbocycles. The first-order chi connectivity index (χ1) is 7.65. The van der Waals surface area contributed by atoms with Gasteiger partial charge < -0.3 is 15.7 Å². The van der Waals surface area contributed by atoms with Gasteiger partial charge in [-0.05, 0) is 12.8 Å². The second-order valence-electron chi connectivity index (χ2n) is 3.53. The smallest absolute Gasteiger partial charge is 0.347 e. The van der Waals surface area contributed by atoms with Crippen molar-refractivity contribution in [2.45, 2.75) is 18.9 Å². The highest BCUT2D eigenvalue weighted by molar-refractivity contribution is 7.17. The number of carboxylic acids is 1. The van der Waals surface area contributed by atoms with Crippen LogP contribution in [0, 0.1) is 0 Å². The molecule has 1 fully saturated rings. The highest BCUT2D eigenvalue weighted by Crippen LogP contribution is 2.19. The number of amides is 1. The van der Waals surface area contributed by atoms with Crippen molar-refractivity contribution >= 4 is 28.3 Å². The van der Waals surface area contributed by atoms with E-state index in [0.29, 0.717) is 11.2 Å². The Balaban J connectivity index is 1.79. The van der Waals surface area contributed by atoms with Crippen LogP contribution in [0.1, 0.15) is 22.5 Å². The minimum Gasteiger partial charge on any atom is -0.477 e. The van der Waals surface area contributed by atoms with Gasteiger partial charge in [-0.1, -0.05) is 11.3 Å². The van der Waals surface area contributed by atoms with E-state index >= 15 is 0 Å². The van der Waals surface area contributed by atoms with Gasteiger partial charge in [0, 0.05) is 6.04 Å². The molecule has 0 spiro atoms. The van der Waals surface area contributed by atoms with E-state index in [1.165, 1.54) is 6.20 Å². The summed E-state index contributed by atoms with van der Waals surface area (Å²) in [6.07, 6.45) is 3.37. The number of carboxylic acid groups (broad SMARTS) is 1. The molecule has 1 aromatic rings. The van der Waals surface area contributed by atoms with Gasteiger partial charge in [-0.15, -0.1) is 0 Å². The molecule has 0 aliphatic heterocycles. The normalized spacial score (nSPS) is 14.5. The monoisotopic (exact) mass is 241 g/mol. The molecule has 0 saturated heterocycles. The van der Waals surface area contributed by atoms with Gasteiger partial charge in [0.15, 0.2) is 5.13 Å². The first kappa shape index (κ1) is 10.9. The Bertz CT molecular complexity index is 414. The fourth-order valence-corrected chi connectivity index (χ4v) is 1.77. The Morgan fingerprint density at radius 2 is 2.31 bits per heavy atom. The van der Waals surface area contributed by atoms with E-state index in [-0.39, 0.29) is 17.3 Å². The van der Waals surface area contributed by atoms with Crippen molar-refractivity contribution in [3.05, 3.63) is 11.1 Å². The lowest BCUT2D eigenvalue weighted by atomic mass is 10.5. The van der Waals surface area contributed by atoms with Crippen LogP contribution in [0.15, 0.2) is 6.20 Å². The number of rotatable bonds is 5. The summed E-state index contributed by atoms with van der Waals surface area (Å²) < 4.78 is 0. The van der Waals surface area contributed by atoms with Gasteiger partial charge in [0.25, 0.3) is 0 Å². The molecule has 0 atom stereocenters. The van der Waals surface area contributed by atoms with E-state index in [0.717, 1.165) is 24.2 Å². The lowest BCUT2D eigenvalue weighted by molar-refractivity contribution is -0.119. The zero-order valence-electron chi connectivity index (χ0n) is 8.40. The second kappa shape index (κ2) is 4.48. The number of hydrogen-bond donors (Lipinski definition) is 3. The third kappa shape index (κ3) is 2.93. The van der Waals surface area contributed by atoms with Crippen LogP contribution in [0.25, 0.3) is 0 Å². The second-order valence-corrected chi connectivity index (χ2v) is 4.56. The number of aromatic carboxylic acids is 1. The number of nitrogens with one attached hydrogen (secondary N) is 2. The van der Waals surface area contributed by atoms with Crippen LogP contribution >= 0.6 is 11.3 Å². The van der Waals surface area contributed by atoms with Crippen LogP contribution < -0.4 is 10.6 Å². The molecule has 1 heterocycles. The lowest BCUT2D eigenvalue weighted by Gasteiger charge is -2.03. The van der Waals surface area contributed by atoms with Gasteiger partial charge in [0.05, 0.1) is 12.7 Å². The Hall–Kier alpha value is -1.63. The fourth-order valence-electron chi connectivity index (χ4n) is 1.12. The summed E-state index contributed by atoms with van der Waals surface area (Å²) in [5.74, 6) is -1.09. The average molecular weight is 241 g/mol.